The highest BCUT2D eigenvalue weighted by molar-refractivity contribution is 7.92. The standard InChI is InChI=1S/C22H29N3O6S/c1-15(2)12-20(17-7-10-19(31-4)11-8-17)23-22(26)14-24(32(5,29)30)21-13-18(25(27)28)9-6-16(21)3/h6-11,13,15,20H,12,14H2,1-5H3,(H,23,26). The highest BCUT2D eigenvalue weighted by Crippen LogP contribution is 2.28. The molecule has 0 saturated carbocycles. The molecule has 1 unspecified atom stereocenters. The number of benzene rings is 2. The number of carbonyl (C=O) groups is 1. The fraction of sp³-hybridized carbons (Fsp3) is 0.409. The molecular formula is C22H29N3O6S. The third-order valence-electron chi connectivity index (χ3n) is 4.92. The van der Waals surface area contributed by atoms with Crippen LogP contribution in [0.25, 0.3) is 0 Å². The summed E-state index contributed by atoms with van der Waals surface area (Å²) in [5.41, 5.74) is 1.21. The molecule has 2 rings (SSSR count). The Morgan fingerprint density at radius 2 is 1.81 bits per heavy atom. The van der Waals surface area contributed by atoms with Crippen molar-refractivity contribution in [3.05, 3.63) is 63.7 Å². The maximum atomic E-state index is 12.9. The van der Waals surface area contributed by atoms with Crippen molar-refractivity contribution in [1.82, 2.24) is 5.32 Å². The van der Waals surface area contributed by atoms with Gasteiger partial charge in [0.1, 0.15) is 12.3 Å². The third kappa shape index (κ3) is 6.68. The first-order chi connectivity index (χ1) is 14.9. The summed E-state index contributed by atoms with van der Waals surface area (Å²) in [7, 11) is -2.31. The third-order valence-corrected chi connectivity index (χ3v) is 6.05. The zero-order chi connectivity index (χ0) is 24.1. The molecule has 0 heterocycles. The van der Waals surface area contributed by atoms with Gasteiger partial charge in [-0.3, -0.25) is 19.2 Å². The lowest BCUT2D eigenvalue weighted by Crippen LogP contribution is -2.42. The molecule has 0 radical (unpaired) electrons. The zero-order valence-corrected chi connectivity index (χ0v) is 19.7. The molecule has 2 aromatic rings. The van der Waals surface area contributed by atoms with Gasteiger partial charge in [0.05, 0.1) is 30.0 Å². The van der Waals surface area contributed by atoms with Crippen LogP contribution in [-0.4, -0.2) is 39.2 Å². The summed E-state index contributed by atoms with van der Waals surface area (Å²) in [6.45, 7) is 5.19. The molecule has 1 amide bonds. The van der Waals surface area contributed by atoms with Crippen LogP contribution in [0.5, 0.6) is 5.75 Å². The van der Waals surface area contributed by atoms with Crippen molar-refractivity contribution in [3.63, 3.8) is 0 Å². The van der Waals surface area contributed by atoms with Crippen LogP contribution in [0.4, 0.5) is 11.4 Å². The number of ether oxygens (including phenoxy) is 1. The van der Waals surface area contributed by atoms with Crippen molar-refractivity contribution in [3.8, 4) is 5.75 Å². The number of methoxy groups -OCH3 is 1. The Balaban J connectivity index is 2.32. The van der Waals surface area contributed by atoms with Crippen molar-refractivity contribution in [2.75, 3.05) is 24.2 Å². The topological polar surface area (TPSA) is 119 Å². The Bertz CT molecular complexity index is 1070. The molecule has 32 heavy (non-hydrogen) atoms. The van der Waals surface area contributed by atoms with E-state index < -0.39 is 27.4 Å². The van der Waals surface area contributed by atoms with Crippen LogP contribution >= 0.6 is 0 Å². The van der Waals surface area contributed by atoms with Gasteiger partial charge in [-0.2, -0.15) is 0 Å². The lowest BCUT2D eigenvalue weighted by molar-refractivity contribution is -0.384. The molecule has 0 aliphatic carbocycles. The van der Waals surface area contributed by atoms with E-state index in [0.29, 0.717) is 17.7 Å². The van der Waals surface area contributed by atoms with Crippen molar-refractivity contribution >= 4 is 27.3 Å². The summed E-state index contributed by atoms with van der Waals surface area (Å²) in [5.74, 6) is 0.447. The van der Waals surface area contributed by atoms with Crippen LogP contribution in [0.2, 0.25) is 0 Å². The smallest absolute Gasteiger partial charge is 0.271 e. The normalized spacial score (nSPS) is 12.3. The van der Waals surface area contributed by atoms with Gasteiger partial charge in [-0.05, 0) is 42.5 Å². The van der Waals surface area contributed by atoms with E-state index in [4.69, 9.17) is 4.74 Å². The first kappa shape index (κ1) is 25.1. The highest BCUT2D eigenvalue weighted by Gasteiger charge is 2.26. The minimum Gasteiger partial charge on any atom is -0.497 e. The maximum Gasteiger partial charge on any atom is 0.271 e. The molecule has 1 N–H and O–H groups in total. The molecule has 2 aromatic carbocycles. The van der Waals surface area contributed by atoms with Gasteiger partial charge in [0.15, 0.2) is 0 Å². The summed E-state index contributed by atoms with van der Waals surface area (Å²) in [4.78, 5) is 23.5. The predicted molar refractivity (Wildman–Crippen MR) is 123 cm³/mol. The molecule has 0 aromatic heterocycles. The largest absolute Gasteiger partial charge is 0.497 e. The minimum absolute atomic E-state index is 0.0988. The van der Waals surface area contributed by atoms with Gasteiger partial charge in [-0.1, -0.05) is 32.0 Å². The minimum atomic E-state index is -3.88. The first-order valence-corrected chi connectivity index (χ1v) is 11.9. The maximum absolute atomic E-state index is 12.9. The Morgan fingerprint density at radius 3 is 2.31 bits per heavy atom. The number of hydrogen-bond donors (Lipinski definition) is 1. The monoisotopic (exact) mass is 463 g/mol. The van der Waals surface area contributed by atoms with E-state index in [9.17, 15) is 23.3 Å². The Morgan fingerprint density at radius 1 is 1.19 bits per heavy atom. The van der Waals surface area contributed by atoms with E-state index in [2.05, 4.69) is 5.32 Å². The number of nitro groups is 1. The fourth-order valence-corrected chi connectivity index (χ4v) is 4.22. The van der Waals surface area contributed by atoms with Gasteiger partial charge in [0.2, 0.25) is 15.9 Å². The summed E-state index contributed by atoms with van der Waals surface area (Å²) in [5, 5.41) is 14.1. The second-order valence-corrected chi connectivity index (χ2v) is 9.93. The predicted octanol–water partition coefficient (Wildman–Crippen LogP) is 3.58. The number of sulfonamides is 1. The van der Waals surface area contributed by atoms with Crippen LogP contribution in [0.1, 0.15) is 37.4 Å². The lowest BCUT2D eigenvalue weighted by atomic mass is 9.97. The Labute approximate surface area is 188 Å². The number of carbonyl (C=O) groups excluding carboxylic acids is 1. The summed E-state index contributed by atoms with van der Waals surface area (Å²) >= 11 is 0. The van der Waals surface area contributed by atoms with Crippen molar-refractivity contribution in [2.24, 2.45) is 5.92 Å². The molecule has 0 bridgehead atoms. The molecule has 10 heteroatoms. The first-order valence-electron chi connectivity index (χ1n) is 10.1. The van der Waals surface area contributed by atoms with Crippen LogP contribution in [0, 0.1) is 23.0 Å². The molecule has 0 aliphatic heterocycles. The SMILES string of the molecule is COc1ccc(C(CC(C)C)NC(=O)CN(c2cc([N+](=O)[O-])ccc2C)S(C)(=O)=O)cc1. The van der Waals surface area contributed by atoms with E-state index in [-0.39, 0.29) is 23.3 Å². The van der Waals surface area contributed by atoms with Gasteiger partial charge in [-0.15, -0.1) is 0 Å². The molecule has 0 spiro atoms. The van der Waals surface area contributed by atoms with Crippen molar-refractivity contribution in [2.45, 2.75) is 33.2 Å². The quantitative estimate of drug-likeness (QED) is 0.425. The Hall–Kier alpha value is -3.14. The molecule has 0 fully saturated rings. The molecule has 0 aliphatic rings. The van der Waals surface area contributed by atoms with Crippen LogP contribution in [0.15, 0.2) is 42.5 Å². The highest BCUT2D eigenvalue weighted by atomic mass is 32.2. The summed E-state index contributed by atoms with van der Waals surface area (Å²) < 4.78 is 31.0. The van der Waals surface area contributed by atoms with Crippen LogP contribution in [-0.2, 0) is 14.8 Å². The van der Waals surface area contributed by atoms with E-state index >= 15 is 0 Å². The average Bonchev–Trinajstić information content (AvgIpc) is 2.71. The second-order valence-electron chi connectivity index (χ2n) is 8.02. The lowest BCUT2D eigenvalue weighted by Gasteiger charge is -2.26. The number of hydrogen-bond acceptors (Lipinski definition) is 6. The second kappa shape index (κ2) is 10.4. The summed E-state index contributed by atoms with van der Waals surface area (Å²) in [6, 6.07) is 10.9. The van der Waals surface area contributed by atoms with Gasteiger partial charge < -0.3 is 10.1 Å². The number of rotatable bonds is 10. The zero-order valence-electron chi connectivity index (χ0n) is 18.9. The van der Waals surface area contributed by atoms with E-state index in [1.54, 1.807) is 26.2 Å². The number of nitrogens with zero attached hydrogens (tertiary/aromatic N) is 2. The molecular weight excluding hydrogens is 434 g/mol. The van der Waals surface area contributed by atoms with E-state index in [0.717, 1.165) is 16.1 Å². The molecule has 9 nitrogen and oxygen atoms in total. The fourth-order valence-electron chi connectivity index (χ4n) is 3.32. The number of nitrogens with one attached hydrogen (secondary N) is 1. The van der Waals surface area contributed by atoms with Gasteiger partial charge in [-0.25, -0.2) is 8.42 Å². The van der Waals surface area contributed by atoms with Crippen molar-refractivity contribution in [1.29, 1.82) is 0 Å². The molecule has 0 saturated heterocycles. The average molecular weight is 464 g/mol. The van der Waals surface area contributed by atoms with E-state index in [1.165, 1.54) is 18.2 Å². The molecule has 174 valence electrons. The van der Waals surface area contributed by atoms with Crippen LogP contribution < -0.4 is 14.4 Å². The number of anilines is 1. The van der Waals surface area contributed by atoms with Gasteiger partial charge in [0.25, 0.3) is 5.69 Å². The number of nitro benzene ring substituents is 1. The number of non-ortho nitro benzene ring substituents is 1. The summed E-state index contributed by atoms with van der Waals surface area (Å²) in [6.07, 6.45) is 1.61. The van der Waals surface area contributed by atoms with Crippen LogP contribution in [0.3, 0.4) is 0 Å². The van der Waals surface area contributed by atoms with Crippen molar-refractivity contribution < 1.29 is 22.9 Å². The van der Waals surface area contributed by atoms with Gasteiger partial charge in [0, 0.05) is 12.1 Å². The molecule has 1 atom stereocenters. The number of amides is 1. The van der Waals surface area contributed by atoms with Gasteiger partial charge >= 0.3 is 0 Å². The van der Waals surface area contributed by atoms with E-state index in [1.807, 2.05) is 26.0 Å². The Kier molecular flexibility index (Phi) is 8.20. The number of aryl methyl sites for hydroxylation is 1.